The Morgan fingerprint density at radius 1 is 0.962 bits per heavy atom. The molecule has 2 aliphatic rings. The summed E-state index contributed by atoms with van der Waals surface area (Å²) in [4.78, 5) is 5.00. The zero-order chi connectivity index (χ0) is 17.5. The van der Waals surface area contributed by atoms with Gasteiger partial charge in [0.15, 0.2) is 11.6 Å². The summed E-state index contributed by atoms with van der Waals surface area (Å²) in [6.07, 6.45) is 5.26. The Hall–Kier alpha value is -2.40. The Morgan fingerprint density at radius 3 is 2.42 bits per heavy atom. The van der Waals surface area contributed by atoms with Crippen molar-refractivity contribution in [2.45, 2.75) is 37.8 Å². The maximum absolute atomic E-state index is 5.91. The minimum absolute atomic E-state index is 0.632. The number of hydrogen-bond donors (Lipinski definition) is 0. The molecule has 5 rings (SSSR count). The average Bonchev–Trinajstić information content (AvgIpc) is 3.08. The molecule has 1 aromatic carbocycles. The number of anilines is 1. The Bertz CT molecular complexity index is 855. The molecular weight excluding hydrogens is 324 g/mol. The molecule has 2 aromatic heterocycles. The summed E-state index contributed by atoms with van der Waals surface area (Å²) in [5.41, 5.74) is 1.67. The van der Waals surface area contributed by atoms with Crippen molar-refractivity contribution < 1.29 is 4.42 Å². The van der Waals surface area contributed by atoms with E-state index in [0.717, 1.165) is 41.3 Å². The number of para-hydroxylation sites is 1. The molecule has 26 heavy (non-hydrogen) atoms. The first-order chi connectivity index (χ1) is 12.8. The monoisotopic (exact) mass is 348 g/mol. The van der Waals surface area contributed by atoms with Crippen molar-refractivity contribution in [2.24, 2.45) is 0 Å². The summed E-state index contributed by atoms with van der Waals surface area (Å²) < 4.78 is 5.91. The summed E-state index contributed by atoms with van der Waals surface area (Å²) in [5, 5.41) is 10.1. The van der Waals surface area contributed by atoms with Crippen molar-refractivity contribution in [2.75, 3.05) is 25.0 Å². The van der Waals surface area contributed by atoms with Crippen LogP contribution in [0.15, 0.2) is 46.9 Å². The number of furan rings is 1. The second-order valence-corrected chi connectivity index (χ2v) is 7.59. The van der Waals surface area contributed by atoms with E-state index < -0.39 is 0 Å². The summed E-state index contributed by atoms with van der Waals surface area (Å²) >= 11 is 0. The van der Waals surface area contributed by atoms with Crippen molar-refractivity contribution in [1.82, 2.24) is 15.1 Å². The molecule has 2 saturated heterocycles. The molecule has 0 radical (unpaired) electrons. The number of rotatable bonds is 2. The number of aromatic nitrogens is 2. The predicted molar refractivity (Wildman–Crippen MR) is 103 cm³/mol. The number of benzene rings is 1. The van der Waals surface area contributed by atoms with Gasteiger partial charge in [-0.2, -0.15) is 0 Å². The van der Waals surface area contributed by atoms with E-state index in [1.807, 2.05) is 30.3 Å². The lowest BCUT2D eigenvalue weighted by molar-refractivity contribution is 0.149. The first kappa shape index (κ1) is 15.8. The molecule has 2 fully saturated rings. The van der Waals surface area contributed by atoms with Crippen LogP contribution in [0, 0.1) is 0 Å². The van der Waals surface area contributed by atoms with Crippen LogP contribution in [0.25, 0.3) is 22.4 Å². The third-order valence-electron chi connectivity index (χ3n) is 5.99. The Labute approximate surface area is 153 Å². The quantitative estimate of drug-likeness (QED) is 0.702. The molecule has 2 atom stereocenters. The highest BCUT2D eigenvalue weighted by Gasteiger charge is 2.34. The standard InChI is InChI=1S/C21H24N4O/c1-24-16-7-3-4-8-17(24)14-25(13-16)21-11-10-18(22-23-21)20-12-15-6-2-5-9-19(15)26-20/h2,5-6,9-12,16-17H,3-4,7-8,13-14H2,1H3. The molecule has 134 valence electrons. The van der Waals surface area contributed by atoms with E-state index in [1.165, 1.54) is 25.7 Å². The Balaban J connectivity index is 1.39. The van der Waals surface area contributed by atoms with Crippen LogP contribution in [0.5, 0.6) is 0 Å². The third-order valence-corrected chi connectivity index (χ3v) is 5.99. The van der Waals surface area contributed by atoms with Gasteiger partial charge in [-0.1, -0.05) is 31.0 Å². The highest BCUT2D eigenvalue weighted by Crippen LogP contribution is 2.30. The Morgan fingerprint density at radius 2 is 1.73 bits per heavy atom. The van der Waals surface area contributed by atoms with Gasteiger partial charge in [0.05, 0.1) is 0 Å². The molecule has 2 bridgehead atoms. The maximum Gasteiger partial charge on any atom is 0.155 e. The van der Waals surface area contributed by atoms with Crippen molar-refractivity contribution >= 4 is 16.8 Å². The number of nitrogens with zero attached hydrogens (tertiary/aromatic N) is 4. The largest absolute Gasteiger partial charge is 0.454 e. The highest BCUT2D eigenvalue weighted by molar-refractivity contribution is 5.82. The molecule has 0 amide bonds. The van der Waals surface area contributed by atoms with Gasteiger partial charge in [-0.05, 0) is 44.2 Å². The van der Waals surface area contributed by atoms with E-state index in [-0.39, 0.29) is 0 Å². The van der Waals surface area contributed by atoms with Crippen LogP contribution in [-0.4, -0.2) is 47.3 Å². The van der Waals surface area contributed by atoms with Crippen LogP contribution in [0.1, 0.15) is 25.7 Å². The first-order valence-electron chi connectivity index (χ1n) is 9.57. The second kappa shape index (κ2) is 6.40. The Kier molecular flexibility index (Phi) is 3.89. The van der Waals surface area contributed by atoms with Gasteiger partial charge in [0, 0.05) is 30.6 Å². The molecule has 3 aromatic rings. The molecule has 0 spiro atoms. The fourth-order valence-corrected chi connectivity index (χ4v) is 4.41. The predicted octanol–water partition coefficient (Wildman–Crippen LogP) is 3.95. The van der Waals surface area contributed by atoms with Gasteiger partial charge < -0.3 is 9.32 Å². The fraction of sp³-hybridized carbons (Fsp3) is 0.429. The number of likely N-dealkylation sites (N-methyl/N-ethyl adjacent to an activating group) is 1. The average molecular weight is 348 g/mol. The van der Waals surface area contributed by atoms with Crippen molar-refractivity contribution in [1.29, 1.82) is 0 Å². The van der Waals surface area contributed by atoms with Gasteiger partial charge in [-0.3, -0.25) is 4.90 Å². The van der Waals surface area contributed by atoms with Gasteiger partial charge >= 0.3 is 0 Å². The molecule has 2 unspecified atom stereocenters. The smallest absolute Gasteiger partial charge is 0.155 e. The second-order valence-electron chi connectivity index (χ2n) is 7.59. The summed E-state index contributed by atoms with van der Waals surface area (Å²) in [7, 11) is 2.29. The molecule has 5 heteroatoms. The van der Waals surface area contributed by atoms with E-state index in [4.69, 9.17) is 4.42 Å². The van der Waals surface area contributed by atoms with Gasteiger partial charge in [0.25, 0.3) is 0 Å². The highest BCUT2D eigenvalue weighted by atomic mass is 16.3. The third kappa shape index (κ3) is 2.76. The van der Waals surface area contributed by atoms with Crippen LogP contribution in [0.2, 0.25) is 0 Å². The van der Waals surface area contributed by atoms with Gasteiger partial charge in [-0.25, -0.2) is 0 Å². The van der Waals surface area contributed by atoms with E-state index in [9.17, 15) is 0 Å². The lowest BCUT2D eigenvalue weighted by Gasteiger charge is -2.44. The molecule has 0 N–H and O–H groups in total. The minimum atomic E-state index is 0.632. The normalized spacial score (nSPS) is 24.0. The van der Waals surface area contributed by atoms with E-state index >= 15 is 0 Å². The van der Waals surface area contributed by atoms with Crippen LogP contribution in [-0.2, 0) is 0 Å². The van der Waals surface area contributed by atoms with Crippen LogP contribution in [0.3, 0.4) is 0 Å². The molecule has 0 saturated carbocycles. The SMILES string of the molecule is CN1C2CCCCC1CN(c1ccc(-c3cc4ccccc4o3)nn1)C2. The zero-order valence-corrected chi connectivity index (χ0v) is 15.1. The van der Waals surface area contributed by atoms with Crippen LogP contribution < -0.4 is 4.90 Å². The molecule has 2 aliphatic heterocycles. The minimum Gasteiger partial charge on any atom is -0.454 e. The van der Waals surface area contributed by atoms with Crippen molar-refractivity contribution in [3.8, 4) is 11.5 Å². The van der Waals surface area contributed by atoms with Gasteiger partial charge in [0.2, 0.25) is 0 Å². The first-order valence-corrected chi connectivity index (χ1v) is 9.57. The number of hydrogen-bond acceptors (Lipinski definition) is 5. The lowest BCUT2D eigenvalue weighted by atomic mass is 10.1. The van der Waals surface area contributed by atoms with Crippen LogP contribution in [0.4, 0.5) is 5.82 Å². The summed E-state index contributed by atoms with van der Waals surface area (Å²) in [6, 6.07) is 15.4. The fourth-order valence-electron chi connectivity index (χ4n) is 4.41. The molecule has 0 aliphatic carbocycles. The van der Waals surface area contributed by atoms with E-state index in [0.29, 0.717) is 12.1 Å². The summed E-state index contributed by atoms with van der Waals surface area (Å²) in [6.45, 7) is 2.09. The van der Waals surface area contributed by atoms with Crippen LogP contribution >= 0.6 is 0 Å². The topological polar surface area (TPSA) is 45.4 Å². The maximum atomic E-state index is 5.91. The van der Waals surface area contributed by atoms with E-state index in [1.54, 1.807) is 0 Å². The number of piperazine rings is 1. The number of fused-ring (bicyclic) bond motifs is 3. The lowest BCUT2D eigenvalue weighted by Crippen LogP contribution is -2.56. The summed E-state index contributed by atoms with van der Waals surface area (Å²) in [5.74, 6) is 1.76. The molecule has 5 nitrogen and oxygen atoms in total. The van der Waals surface area contributed by atoms with E-state index in [2.05, 4.69) is 39.2 Å². The molecule has 4 heterocycles. The van der Waals surface area contributed by atoms with Gasteiger partial charge in [-0.15, -0.1) is 10.2 Å². The van der Waals surface area contributed by atoms with Crippen molar-refractivity contribution in [3.63, 3.8) is 0 Å². The van der Waals surface area contributed by atoms with Gasteiger partial charge in [0.1, 0.15) is 11.3 Å². The molecular formula is C21H24N4O. The zero-order valence-electron chi connectivity index (χ0n) is 15.1. The van der Waals surface area contributed by atoms with Crippen molar-refractivity contribution in [3.05, 3.63) is 42.5 Å².